The molecular weight excluding hydrogens is 476 g/mol. The van der Waals surface area contributed by atoms with Crippen molar-refractivity contribution >= 4 is 43.5 Å². The van der Waals surface area contributed by atoms with Gasteiger partial charge in [0.05, 0.1) is 16.8 Å². The zero-order valence-corrected chi connectivity index (χ0v) is 21.4. The molecule has 0 bridgehead atoms. The summed E-state index contributed by atoms with van der Waals surface area (Å²) >= 11 is 1.43. The zero-order chi connectivity index (χ0) is 24.4. The van der Waals surface area contributed by atoms with Crippen LogP contribution in [0.25, 0.3) is 22.0 Å². The molecule has 2 heterocycles. The topological polar surface area (TPSA) is 74.7 Å². The fraction of sp³-hybridized carbons (Fsp3) is 0.259. The molecule has 0 aliphatic carbocycles. The highest BCUT2D eigenvalue weighted by atomic mass is 32.2. The maximum Gasteiger partial charge on any atom is 0.243 e. The molecule has 1 aromatic heterocycles. The van der Waals surface area contributed by atoms with Crippen molar-refractivity contribution < 1.29 is 8.42 Å². The van der Waals surface area contributed by atoms with Gasteiger partial charge in [0, 0.05) is 29.6 Å². The van der Waals surface area contributed by atoms with Gasteiger partial charge in [0.25, 0.3) is 0 Å². The van der Waals surface area contributed by atoms with Crippen LogP contribution in [0.2, 0.25) is 0 Å². The summed E-state index contributed by atoms with van der Waals surface area (Å²) in [6.45, 7) is 5.36. The van der Waals surface area contributed by atoms with Crippen LogP contribution in [0, 0.1) is 11.8 Å². The highest BCUT2D eigenvalue weighted by Gasteiger charge is 2.31. The van der Waals surface area contributed by atoms with Gasteiger partial charge in [0.15, 0.2) is 0 Å². The van der Waals surface area contributed by atoms with Crippen LogP contribution < -0.4 is 5.43 Å². The van der Waals surface area contributed by atoms with E-state index in [0.29, 0.717) is 35.0 Å². The van der Waals surface area contributed by atoms with Crippen molar-refractivity contribution in [1.29, 1.82) is 0 Å². The van der Waals surface area contributed by atoms with Crippen molar-refractivity contribution in [3.63, 3.8) is 0 Å². The SMILES string of the molecule is CC1CC(C)CN(S(=O)(=O)c2cccc(-c3csc(NN=Cc4cccc5ccccc45)n3)c2)C1. The minimum absolute atomic E-state index is 0.313. The third kappa shape index (κ3) is 5.15. The largest absolute Gasteiger partial charge is 0.253 e. The first-order chi connectivity index (χ1) is 16.9. The number of hydrogen-bond donors (Lipinski definition) is 1. The molecule has 2 atom stereocenters. The lowest BCUT2D eigenvalue weighted by Crippen LogP contribution is -2.42. The van der Waals surface area contributed by atoms with E-state index in [4.69, 9.17) is 0 Å². The average molecular weight is 505 g/mol. The van der Waals surface area contributed by atoms with Crippen molar-refractivity contribution in [2.45, 2.75) is 25.2 Å². The first-order valence-electron chi connectivity index (χ1n) is 11.7. The summed E-state index contributed by atoms with van der Waals surface area (Å²) in [4.78, 5) is 4.93. The van der Waals surface area contributed by atoms with Crippen molar-refractivity contribution in [2.24, 2.45) is 16.9 Å². The molecule has 6 nitrogen and oxygen atoms in total. The smallest absolute Gasteiger partial charge is 0.243 e. The fourth-order valence-corrected chi connectivity index (χ4v) is 7.14. The van der Waals surface area contributed by atoms with Gasteiger partial charge in [-0.15, -0.1) is 11.3 Å². The van der Waals surface area contributed by atoms with Gasteiger partial charge >= 0.3 is 0 Å². The molecule has 0 spiro atoms. The molecule has 1 aliphatic heterocycles. The third-order valence-corrected chi connectivity index (χ3v) is 8.87. The molecule has 4 aromatic rings. The van der Waals surface area contributed by atoms with E-state index in [0.717, 1.165) is 34.0 Å². The maximum atomic E-state index is 13.3. The van der Waals surface area contributed by atoms with Crippen LogP contribution >= 0.6 is 11.3 Å². The highest BCUT2D eigenvalue weighted by molar-refractivity contribution is 7.89. The Bertz CT molecular complexity index is 1460. The Labute approximate surface area is 210 Å². The van der Waals surface area contributed by atoms with E-state index in [1.54, 1.807) is 28.7 Å². The van der Waals surface area contributed by atoms with Crippen molar-refractivity contribution in [3.05, 3.63) is 77.7 Å². The van der Waals surface area contributed by atoms with Gasteiger partial charge in [-0.05, 0) is 41.2 Å². The van der Waals surface area contributed by atoms with Crippen molar-refractivity contribution in [2.75, 3.05) is 18.5 Å². The molecule has 1 fully saturated rings. The number of thiazole rings is 1. The number of hydrazone groups is 1. The Hall–Kier alpha value is -3.07. The molecule has 1 aliphatic rings. The van der Waals surface area contributed by atoms with E-state index in [-0.39, 0.29) is 0 Å². The Morgan fingerprint density at radius 1 is 1.03 bits per heavy atom. The molecule has 0 saturated carbocycles. The van der Waals surface area contributed by atoms with Gasteiger partial charge in [-0.2, -0.15) is 9.41 Å². The number of nitrogens with one attached hydrogen (secondary N) is 1. The fourth-order valence-electron chi connectivity index (χ4n) is 4.74. The number of piperidine rings is 1. The standard InChI is InChI=1S/C27H28N4O2S2/c1-19-13-20(2)17-31(16-19)35(32,33)24-11-6-9-22(14-24)26-18-34-27(29-26)30-28-15-23-10-5-8-21-7-3-4-12-25(21)23/h3-12,14-15,18-20H,13,16-17H2,1-2H3,(H,29,30). The van der Waals surface area contributed by atoms with Gasteiger partial charge in [-0.25, -0.2) is 13.4 Å². The van der Waals surface area contributed by atoms with Crippen LogP contribution in [0.4, 0.5) is 5.13 Å². The zero-order valence-electron chi connectivity index (χ0n) is 19.8. The second-order valence-electron chi connectivity index (χ2n) is 9.27. The molecule has 1 N–H and O–H groups in total. The van der Waals surface area contributed by atoms with E-state index >= 15 is 0 Å². The highest BCUT2D eigenvalue weighted by Crippen LogP contribution is 2.30. The second kappa shape index (κ2) is 9.89. The molecule has 3 aromatic carbocycles. The first-order valence-corrected chi connectivity index (χ1v) is 14.0. The molecule has 5 rings (SSSR count). The number of rotatable bonds is 6. The number of anilines is 1. The summed E-state index contributed by atoms with van der Waals surface area (Å²) in [5.74, 6) is 0.719. The lowest BCUT2D eigenvalue weighted by molar-refractivity contribution is 0.222. The molecular formula is C27H28N4O2S2. The predicted molar refractivity (Wildman–Crippen MR) is 144 cm³/mol. The van der Waals surface area contributed by atoms with Gasteiger partial charge in [-0.1, -0.05) is 68.4 Å². The average Bonchev–Trinajstić information content (AvgIpc) is 3.33. The first kappa shape index (κ1) is 23.7. The maximum absolute atomic E-state index is 13.3. The normalized spacial score (nSPS) is 19.4. The minimum Gasteiger partial charge on any atom is -0.253 e. The van der Waals surface area contributed by atoms with E-state index in [1.165, 1.54) is 11.3 Å². The molecule has 35 heavy (non-hydrogen) atoms. The molecule has 2 unspecified atom stereocenters. The lowest BCUT2D eigenvalue weighted by atomic mass is 9.94. The molecule has 0 amide bonds. The predicted octanol–water partition coefficient (Wildman–Crippen LogP) is 6.08. The van der Waals surface area contributed by atoms with Crippen LogP contribution in [0.15, 0.2) is 82.1 Å². The molecule has 1 saturated heterocycles. The Kier molecular flexibility index (Phi) is 6.69. The van der Waals surface area contributed by atoms with E-state index in [2.05, 4.69) is 47.6 Å². The molecule has 180 valence electrons. The summed E-state index contributed by atoms with van der Waals surface area (Å²) in [6.07, 6.45) is 2.85. The van der Waals surface area contributed by atoms with Gasteiger partial charge < -0.3 is 0 Å². The third-order valence-electron chi connectivity index (χ3n) is 6.29. The number of nitrogens with zero attached hydrogens (tertiary/aromatic N) is 3. The summed E-state index contributed by atoms with van der Waals surface area (Å²) in [7, 11) is -3.54. The van der Waals surface area contributed by atoms with Gasteiger partial charge in [0.1, 0.15) is 0 Å². The van der Waals surface area contributed by atoms with E-state index < -0.39 is 10.0 Å². The number of aromatic nitrogens is 1. The van der Waals surface area contributed by atoms with Crippen molar-refractivity contribution in [1.82, 2.24) is 9.29 Å². The van der Waals surface area contributed by atoms with Crippen molar-refractivity contribution in [3.8, 4) is 11.3 Å². The number of fused-ring (bicyclic) bond motifs is 1. The molecule has 0 radical (unpaired) electrons. The van der Waals surface area contributed by atoms with E-state index in [9.17, 15) is 8.42 Å². The second-order valence-corrected chi connectivity index (χ2v) is 12.1. The Morgan fingerprint density at radius 2 is 1.77 bits per heavy atom. The minimum atomic E-state index is -3.54. The lowest BCUT2D eigenvalue weighted by Gasteiger charge is -2.34. The monoisotopic (exact) mass is 504 g/mol. The van der Waals surface area contributed by atoms with Gasteiger partial charge in [0.2, 0.25) is 15.2 Å². The number of benzene rings is 3. The van der Waals surface area contributed by atoms with Crippen LogP contribution in [0.3, 0.4) is 0 Å². The van der Waals surface area contributed by atoms with Gasteiger partial charge in [-0.3, -0.25) is 5.43 Å². The summed E-state index contributed by atoms with van der Waals surface area (Å²) in [5.41, 5.74) is 5.51. The van der Waals surface area contributed by atoms with Crippen LogP contribution in [0.5, 0.6) is 0 Å². The van der Waals surface area contributed by atoms with Crippen LogP contribution in [0.1, 0.15) is 25.8 Å². The van der Waals surface area contributed by atoms with Crippen LogP contribution in [-0.2, 0) is 10.0 Å². The molecule has 8 heteroatoms. The Morgan fingerprint density at radius 3 is 2.60 bits per heavy atom. The summed E-state index contributed by atoms with van der Waals surface area (Å²) in [5, 5.41) is 9.22. The van der Waals surface area contributed by atoms with Crippen LogP contribution in [-0.4, -0.2) is 37.0 Å². The number of sulfonamides is 1. The quantitative estimate of drug-likeness (QED) is 0.255. The number of hydrogen-bond acceptors (Lipinski definition) is 6. The summed E-state index contributed by atoms with van der Waals surface area (Å²) < 4.78 is 28.3. The van der Waals surface area contributed by atoms with E-state index in [1.807, 2.05) is 35.7 Å². The summed E-state index contributed by atoms with van der Waals surface area (Å²) in [6, 6.07) is 21.4. The Balaban J connectivity index is 1.33.